The molecule has 0 heterocycles. The van der Waals surface area contributed by atoms with Gasteiger partial charge in [0.2, 0.25) is 10.0 Å². The maximum atomic E-state index is 11.7. The van der Waals surface area contributed by atoms with Crippen LogP contribution in [0.25, 0.3) is 0 Å². The third-order valence-electron chi connectivity index (χ3n) is 2.20. The van der Waals surface area contributed by atoms with E-state index in [0.29, 0.717) is 11.4 Å². The van der Waals surface area contributed by atoms with Crippen molar-refractivity contribution >= 4 is 15.7 Å². The molecule has 0 unspecified atom stereocenters. The van der Waals surface area contributed by atoms with Gasteiger partial charge in [0, 0.05) is 0 Å². The van der Waals surface area contributed by atoms with E-state index in [0.717, 1.165) is 10.6 Å². The van der Waals surface area contributed by atoms with Crippen LogP contribution in [0, 0.1) is 0 Å². The Kier molecular flexibility index (Phi) is 4.98. The van der Waals surface area contributed by atoms with E-state index in [1.54, 1.807) is 24.3 Å². The fourth-order valence-electron chi connectivity index (χ4n) is 1.57. The predicted octanol–water partition coefficient (Wildman–Crippen LogP) is 1.23. The number of anilines is 1. The Morgan fingerprint density at radius 2 is 1.94 bits per heavy atom. The Bertz CT molecular complexity index is 485. The molecule has 0 saturated heterocycles. The minimum atomic E-state index is -3.45. The molecule has 0 spiro atoms. The molecule has 0 bridgehead atoms. The number of hydrogen-bond donors (Lipinski definition) is 1. The summed E-state index contributed by atoms with van der Waals surface area (Å²) in [5, 5.41) is 8.99. The molecule has 1 N–H and O–H groups in total. The molecule has 0 fully saturated rings. The maximum Gasteiger partial charge on any atom is 0.232 e. The van der Waals surface area contributed by atoms with E-state index in [1.165, 1.54) is 0 Å². The summed E-state index contributed by atoms with van der Waals surface area (Å²) in [6.45, 7) is 3.50. The third kappa shape index (κ3) is 3.89. The fourth-order valence-corrected chi connectivity index (χ4v) is 2.49. The molecule has 102 valence electrons. The minimum absolute atomic E-state index is 0.0112. The number of sulfonamides is 1. The molecule has 0 atom stereocenters. The number of nitrogens with zero attached hydrogens (tertiary/aromatic N) is 1. The molecule has 18 heavy (non-hydrogen) atoms. The van der Waals surface area contributed by atoms with Crippen LogP contribution < -0.4 is 9.04 Å². The summed E-state index contributed by atoms with van der Waals surface area (Å²) >= 11 is 0. The van der Waals surface area contributed by atoms with Crippen molar-refractivity contribution in [2.45, 2.75) is 20.0 Å². The average Bonchev–Trinajstić information content (AvgIpc) is 2.25. The lowest BCUT2D eigenvalue weighted by atomic mass is 10.3. The van der Waals surface area contributed by atoms with Gasteiger partial charge in [-0.3, -0.25) is 4.31 Å². The minimum Gasteiger partial charge on any atom is -0.489 e. The van der Waals surface area contributed by atoms with E-state index in [-0.39, 0.29) is 19.3 Å². The summed E-state index contributed by atoms with van der Waals surface area (Å²) < 4.78 is 30.2. The molecule has 0 aliphatic heterocycles. The van der Waals surface area contributed by atoms with Gasteiger partial charge >= 0.3 is 0 Å². The lowest BCUT2D eigenvalue weighted by molar-refractivity contribution is 0.243. The molecule has 1 rings (SSSR count). The van der Waals surface area contributed by atoms with Crippen LogP contribution in [0.5, 0.6) is 5.75 Å². The first-order valence-corrected chi connectivity index (χ1v) is 7.55. The van der Waals surface area contributed by atoms with Gasteiger partial charge in [0.25, 0.3) is 0 Å². The number of benzene rings is 1. The lowest BCUT2D eigenvalue weighted by Crippen LogP contribution is -2.33. The summed E-state index contributed by atoms with van der Waals surface area (Å²) in [5.74, 6) is 0.492. The number of hydrogen-bond acceptors (Lipinski definition) is 4. The first-order chi connectivity index (χ1) is 8.36. The Labute approximate surface area is 108 Å². The zero-order chi connectivity index (χ0) is 13.8. The van der Waals surface area contributed by atoms with Crippen LogP contribution in [0.1, 0.15) is 13.8 Å². The van der Waals surface area contributed by atoms with Crippen LogP contribution in [0.15, 0.2) is 24.3 Å². The van der Waals surface area contributed by atoms with Crippen molar-refractivity contribution < 1.29 is 18.3 Å². The molecule has 0 radical (unpaired) electrons. The second kappa shape index (κ2) is 6.06. The molecule has 0 aromatic heterocycles. The van der Waals surface area contributed by atoms with Crippen LogP contribution in [-0.2, 0) is 10.0 Å². The van der Waals surface area contributed by atoms with Crippen molar-refractivity contribution in [3.05, 3.63) is 24.3 Å². The SMILES string of the molecule is CC(C)Oc1ccccc1N(CCO)S(C)(=O)=O. The normalized spacial score (nSPS) is 11.6. The summed E-state index contributed by atoms with van der Waals surface area (Å²) in [6, 6.07) is 6.89. The zero-order valence-corrected chi connectivity index (χ0v) is 11.6. The standard InChI is InChI=1S/C12H19NO4S/c1-10(2)17-12-7-5-4-6-11(12)13(8-9-14)18(3,15)16/h4-7,10,14H,8-9H2,1-3H3. The first kappa shape index (κ1) is 14.8. The van der Waals surface area contributed by atoms with E-state index < -0.39 is 10.0 Å². The van der Waals surface area contributed by atoms with E-state index >= 15 is 0 Å². The average molecular weight is 273 g/mol. The fraction of sp³-hybridized carbons (Fsp3) is 0.500. The van der Waals surface area contributed by atoms with Crippen molar-refractivity contribution in [2.24, 2.45) is 0 Å². The summed E-state index contributed by atoms with van der Waals surface area (Å²) in [5.41, 5.74) is 0.447. The highest BCUT2D eigenvalue weighted by Gasteiger charge is 2.20. The topological polar surface area (TPSA) is 66.8 Å². The van der Waals surface area contributed by atoms with Gasteiger partial charge in [0.15, 0.2) is 0 Å². The Morgan fingerprint density at radius 1 is 1.33 bits per heavy atom. The molecule has 0 saturated carbocycles. The molecule has 1 aromatic rings. The monoisotopic (exact) mass is 273 g/mol. The van der Waals surface area contributed by atoms with Crippen molar-refractivity contribution in [3.8, 4) is 5.75 Å². The Morgan fingerprint density at radius 3 is 2.44 bits per heavy atom. The van der Waals surface area contributed by atoms with Crippen molar-refractivity contribution in [3.63, 3.8) is 0 Å². The van der Waals surface area contributed by atoms with E-state index in [1.807, 2.05) is 13.8 Å². The third-order valence-corrected chi connectivity index (χ3v) is 3.38. The molecular weight excluding hydrogens is 254 g/mol. The summed E-state index contributed by atoms with van der Waals surface area (Å²) in [6.07, 6.45) is 1.05. The van der Waals surface area contributed by atoms with Crippen LogP contribution in [0.2, 0.25) is 0 Å². The van der Waals surface area contributed by atoms with Crippen molar-refractivity contribution in [2.75, 3.05) is 23.7 Å². The summed E-state index contributed by atoms with van der Waals surface area (Å²) in [7, 11) is -3.45. The van der Waals surface area contributed by atoms with Gasteiger partial charge in [-0.15, -0.1) is 0 Å². The smallest absolute Gasteiger partial charge is 0.232 e. The molecule has 5 nitrogen and oxygen atoms in total. The maximum absolute atomic E-state index is 11.7. The van der Waals surface area contributed by atoms with Crippen LogP contribution in [0.4, 0.5) is 5.69 Å². The van der Waals surface area contributed by atoms with E-state index in [2.05, 4.69) is 0 Å². The molecule has 0 aliphatic carbocycles. The van der Waals surface area contributed by atoms with Gasteiger partial charge in [-0.25, -0.2) is 8.42 Å². The number of rotatable bonds is 6. The zero-order valence-electron chi connectivity index (χ0n) is 10.8. The Hall–Kier alpha value is -1.27. The number of aliphatic hydroxyl groups is 1. The quantitative estimate of drug-likeness (QED) is 0.846. The van der Waals surface area contributed by atoms with Crippen LogP contribution in [-0.4, -0.2) is 39.0 Å². The highest BCUT2D eigenvalue weighted by molar-refractivity contribution is 7.92. The van der Waals surface area contributed by atoms with Crippen LogP contribution >= 0.6 is 0 Å². The highest BCUT2D eigenvalue weighted by atomic mass is 32.2. The van der Waals surface area contributed by atoms with Gasteiger partial charge in [0.1, 0.15) is 5.75 Å². The largest absolute Gasteiger partial charge is 0.489 e. The number of para-hydroxylation sites is 2. The molecule has 0 aliphatic rings. The van der Waals surface area contributed by atoms with Crippen molar-refractivity contribution in [1.82, 2.24) is 0 Å². The lowest BCUT2D eigenvalue weighted by Gasteiger charge is -2.24. The second-order valence-corrected chi connectivity index (χ2v) is 6.10. The van der Waals surface area contributed by atoms with Gasteiger partial charge < -0.3 is 9.84 Å². The van der Waals surface area contributed by atoms with Gasteiger partial charge in [-0.2, -0.15) is 0 Å². The van der Waals surface area contributed by atoms with Gasteiger partial charge in [-0.05, 0) is 26.0 Å². The summed E-state index contributed by atoms with van der Waals surface area (Å²) in [4.78, 5) is 0. The second-order valence-electron chi connectivity index (χ2n) is 4.19. The van der Waals surface area contributed by atoms with Crippen molar-refractivity contribution in [1.29, 1.82) is 0 Å². The van der Waals surface area contributed by atoms with Gasteiger partial charge in [0.05, 0.1) is 31.2 Å². The van der Waals surface area contributed by atoms with E-state index in [4.69, 9.17) is 9.84 Å². The molecule has 1 aromatic carbocycles. The number of aliphatic hydroxyl groups excluding tert-OH is 1. The van der Waals surface area contributed by atoms with E-state index in [9.17, 15) is 8.42 Å². The molecule has 6 heteroatoms. The first-order valence-electron chi connectivity index (χ1n) is 5.70. The molecule has 0 amide bonds. The van der Waals surface area contributed by atoms with Gasteiger partial charge in [-0.1, -0.05) is 12.1 Å². The highest BCUT2D eigenvalue weighted by Crippen LogP contribution is 2.30. The Balaban J connectivity index is 3.19. The predicted molar refractivity (Wildman–Crippen MR) is 71.5 cm³/mol. The number of ether oxygens (including phenoxy) is 1. The molecular formula is C12H19NO4S. The van der Waals surface area contributed by atoms with Crippen LogP contribution in [0.3, 0.4) is 0 Å².